The third-order valence-corrected chi connectivity index (χ3v) is 18.8. The van der Waals surface area contributed by atoms with E-state index in [9.17, 15) is 0 Å². The van der Waals surface area contributed by atoms with Crippen LogP contribution in [0.4, 0.5) is 17.1 Å². The quantitative estimate of drug-likeness (QED) is 0.166. The van der Waals surface area contributed by atoms with Gasteiger partial charge in [0.2, 0.25) is 0 Å². The van der Waals surface area contributed by atoms with E-state index >= 15 is 0 Å². The Bertz CT molecular complexity index is 4750. The average Bonchev–Trinajstić information content (AvgIpc) is 4.43. The van der Waals surface area contributed by atoms with Crippen LogP contribution in [0.2, 0.25) is 0 Å². The standard InChI is InChI=1S/C77H59NO2/c1-44-30-33-50(45(2)38-44)58-42-65-69(72-56-25-16-18-29-67(56)80-74(58)72)54-35-32-49(40-62(54)77(65,7)8)78(73-51(46-20-11-9-12-21-46)26-19-27-52(73)47-22-13-10-14-23-47)48-31-34-53-57-41-64-59(43-63(57)76(5,6)61(53)39-48)70-60(75(64,3)4)36-37-68-71(70)55-24-15-17-28-66(55)79-68/h9-43H,1-8H3. The molecule has 0 radical (unpaired) electrons. The van der Waals surface area contributed by atoms with E-state index in [4.69, 9.17) is 8.83 Å². The molecule has 384 valence electrons. The molecule has 80 heavy (non-hydrogen) atoms. The minimum Gasteiger partial charge on any atom is -0.456 e. The van der Waals surface area contributed by atoms with Crippen molar-refractivity contribution in [2.45, 2.75) is 71.6 Å². The Kier molecular flexibility index (Phi) is 9.63. The largest absolute Gasteiger partial charge is 0.456 e. The molecule has 0 bridgehead atoms. The van der Waals surface area contributed by atoms with E-state index in [-0.39, 0.29) is 16.2 Å². The summed E-state index contributed by atoms with van der Waals surface area (Å²) in [7, 11) is 0. The first-order chi connectivity index (χ1) is 38.8. The summed E-state index contributed by atoms with van der Waals surface area (Å²) in [5.41, 5.74) is 31.5. The van der Waals surface area contributed by atoms with Gasteiger partial charge in [-0.25, -0.2) is 0 Å². The molecular formula is C77H59NO2. The molecule has 3 nitrogen and oxygen atoms in total. The highest BCUT2D eigenvalue weighted by Gasteiger charge is 2.44. The van der Waals surface area contributed by atoms with Gasteiger partial charge in [0.15, 0.2) is 0 Å². The van der Waals surface area contributed by atoms with Crippen molar-refractivity contribution in [2.24, 2.45) is 0 Å². The van der Waals surface area contributed by atoms with Crippen LogP contribution in [-0.2, 0) is 16.2 Å². The van der Waals surface area contributed by atoms with Crippen molar-refractivity contribution in [3.05, 3.63) is 257 Å². The number of furan rings is 2. The van der Waals surface area contributed by atoms with Crippen molar-refractivity contribution in [3.63, 3.8) is 0 Å². The fraction of sp³-hybridized carbons (Fsp3) is 0.143. The van der Waals surface area contributed by atoms with Crippen molar-refractivity contribution >= 4 is 60.9 Å². The molecule has 16 rings (SSSR count). The zero-order chi connectivity index (χ0) is 54.1. The number of benzene rings is 11. The van der Waals surface area contributed by atoms with Gasteiger partial charge in [0, 0.05) is 65.9 Å². The van der Waals surface area contributed by atoms with Gasteiger partial charge in [-0.2, -0.15) is 0 Å². The molecule has 0 N–H and O–H groups in total. The van der Waals surface area contributed by atoms with E-state index in [0.29, 0.717) is 0 Å². The lowest BCUT2D eigenvalue weighted by Gasteiger charge is -2.33. The lowest BCUT2D eigenvalue weighted by molar-refractivity contribution is 0.651. The fourth-order valence-electron chi connectivity index (χ4n) is 14.8. The third kappa shape index (κ3) is 6.38. The summed E-state index contributed by atoms with van der Waals surface area (Å²) in [6.07, 6.45) is 0. The van der Waals surface area contributed by atoms with E-state index < -0.39 is 0 Å². The second-order valence-electron chi connectivity index (χ2n) is 24.5. The lowest BCUT2D eigenvalue weighted by Crippen LogP contribution is -2.19. The van der Waals surface area contributed by atoms with Crippen molar-refractivity contribution < 1.29 is 8.83 Å². The van der Waals surface area contributed by atoms with Crippen LogP contribution in [0.25, 0.3) is 111 Å². The van der Waals surface area contributed by atoms with Crippen molar-refractivity contribution in [2.75, 3.05) is 4.90 Å². The summed E-state index contributed by atoms with van der Waals surface area (Å²) >= 11 is 0. The molecule has 3 aliphatic rings. The molecule has 2 heterocycles. The van der Waals surface area contributed by atoms with E-state index in [1.165, 1.54) is 99.6 Å². The number of aryl methyl sites for hydroxylation is 2. The molecule has 0 atom stereocenters. The normalized spacial score (nSPS) is 14.8. The summed E-state index contributed by atoms with van der Waals surface area (Å²) in [4.78, 5) is 2.58. The summed E-state index contributed by atoms with van der Waals surface area (Å²) in [6, 6.07) is 79.3. The number of para-hydroxylation sites is 3. The molecule has 0 saturated carbocycles. The second kappa shape index (κ2) is 16.4. The third-order valence-electron chi connectivity index (χ3n) is 18.8. The average molecular weight is 1030 g/mol. The molecule has 13 aromatic rings. The van der Waals surface area contributed by atoms with Crippen LogP contribution in [-0.4, -0.2) is 0 Å². The lowest BCUT2D eigenvalue weighted by atomic mass is 9.79. The van der Waals surface area contributed by atoms with Crippen LogP contribution in [0.1, 0.15) is 86.1 Å². The Hall–Kier alpha value is -9.18. The molecule has 0 amide bonds. The van der Waals surface area contributed by atoms with Crippen LogP contribution in [0.15, 0.2) is 221 Å². The maximum absolute atomic E-state index is 6.96. The minimum absolute atomic E-state index is 0.205. The summed E-state index contributed by atoms with van der Waals surface area (Å²) in [6.45, 7) is 18.9. The van der Waals surface area contributed by atoms with Crippen LogP contribution in [0.5, 0.6) is 0 Å². The molecule has 3 heteroatoms. The highest BCUT2D eigenvalue weighted by atomic mass is 16.3. The Morgan fingerprint density at radius 1 is 0.325 bits per heavy atom. The first-order valence-corrected chi connectivity index (χ1v) is 28.3. The Morgan fingerprint density at radius 2 is 0.838 bits per heavy atom. The van der Waals surface area contributed by atoms with Gasteiger partial charge in [-0.05, 0) is 164 Å². The first-order valence-electron chi connectivity index (χ1n) is 28.3. The molecule has 0 spiro atoms. The van der Waals surface area contributed by atoms with Gasteiger partial charge in [0.1, 0.15) is 22.3 Å². The van der Waals surface area contributed by atoms with E-state index in [1.807, 2.05) is 0 Å². The van der Waals surface area contributed by atoms with Gasteiger partial charge >= 0.3 is 0 Å². The van der Waals surface area contributed by atoms with Gasteiger partial charge in [-0.1, -0.05) is 199 Å². The maximum Gasteiger partial charge on any atom is 0.143 e. The molecule has 0 saturated heterocycles. The molecule has 2 aromatic heterocycles. The molecule has 0 unspecified atom stereocenters. The second-order valence-corrected chi connectivity index (χ2v) is 24.5. The molecule has 0 aliphatic heterocycles. The van der Waals surface area contributed by atoms with Crippen LogP contribution in [0.3, 0.4) is 0 Å². The predicted molar refractivity (Wildman–Crippen MR) is 334 cm³/mol. The first kappa shape index (κ1) is 46.9. The molecule has 0 fully saturated rings. The molecular weight excluding hydrogens is 971 g/mol. The van der Waals surface area contributed by atoms with Crippen molar-refractivity contribution in [1.82, 2.24) is 0 Å². The van der Waals surface area contributed by atoms with E-state index in [0.717, 1.165) is 72.6 Å². The van der Waals surface area contributed by atoms with Crippen LogP contribution in [0, 0.1) is 13.8 Å². The fourth-order valence-corrected chi connectivity index (χ4v) is 14.8. The van der Waals surface area contributed by atoms with E-state index in [1.54, 1.807) is 0 Å². The van der Waals surface area contributed by atoms with Crippen molar-refractivity contribution in [1.29, 1.82) is 0 Å². The SMILES string of the molecule is Cc1ccc(-c2cc3c(c4c2oc2ccccc24)-c2ccc(N(c4ccc5c(c4)C(C)(C)c4cc6c(cc4-5)C(C)(C)c4ccc5oc7ccccc7c5c4-6)c4c(-c5ccccc5)cccc4-c4ccccc4)cc2C3(C)C)c(C)c1. The zero-order valence-corrected chi connectivity index (χ0v) is 46.5. The van der Waals surface area contributed by atoms with Gasteiger partial charge in [-0.15, -0.1) is 0 Å². The number of anilines is 3. The Labute approximate surface area is 467 Å². The van der Waals surface area contributed by atoms with Crippen molar-refractivity contribution in [3.8, 4) is 66.8 Å². The Balaban J connectivity index is 0.927. The van der Waals surface area contributed by atoms with E-state index in [2.05, 4.69) is 273 Å². The topological polar surface area (TPSA) is 29.5 Å². The summed E-state index contributed by atoms with van der Waals surface area (Å²) in [5.74, 6) is 0. The number of fused-ring (bicyclic) bond motifs is 17. The highest BCUT2D eigenvalue weighted by molar-refractivity contribution is 6.19. The monoisotopic (exact) mass is 1030 g/mol. The van der Waals surface area contributed by atoms with Crippen LogP contribution < -0.4 is 4.90 Å². The number of hydrogen-bond acceptors (Lipinski definition) is 3. The zero-order valence-electron chi connectivity index (χ0n) is 46.5. The Morgan fingerprint density at radius 3 is 1.51 bits per heavy atom. The molecule has 3 aliphatic carbocycles. The van der Waals surface area contributed by atoms with Gasteiger partial charge in [0.05, 0.1) is 5.69 Å². The summed E-state index contributed by atoms with van der Waals surface area (Å²) < 4.78 is 13.5. The van der Waals surface area contributed by atoms with Gasteiger partial charge < -0.3 is 13.7 Å². The number of hydrogen-bond donors (Lipinski definition) is 0. The van der Waals surface area contributed by atoms with Gasteiger partial charge in [-0.3, -0.25) is 0 Å². The molecule has 11 aromatic carbocycles. The highest BCUT2D eigenvalue weighted by Crippen LogP contribution is 2.61. The number of nitrogens with zero attached hydrogens (tertiary/aromatic N) is 1. The minimum atomic E-state index is -0.365. The smallest absolute Gasteiger partial charge is 0.143 e. The van der Waals surface area contributed by atoms with Crippen LogP contribution >= 0.6 is 0 Å². The van der Waals surface area contributed by atoms with Gasteiger partial charge in [0.25, 0.3) is 0 Å². The summed E-state index contributed by atoms with van der Waals surface area (Å²) in [5, 5.41) is 4.72. The number of rotatable bonds is 6. The maximum atomic E-state index is 6.96. The predicted octanol–water partition coefficient (Wildman–Crippen LogP) is 21.5.